The molecule has 0 aliphatic carbocycles. The second kappa shape index (κ2) is 8.13. The Bertz CT molecular complexity index is 1180. The van der Waals surface area contributed by atoms with E-state index in [0.717, 1.165) is 11.1 Å². The van der Waals surface area contributed by atoms with E-state index in [4.69, 9.17) is 9.47 Å². The zero-order chi connectivity index (χ0) is 21.1. The number of ether oxygens (including phenoxy) is 2. The van der Waals surface area contributed by atoms with Gasteiger partial charge in [0.05, 0.1) is 5.56 Å². The first-order chi connectivity index (χ1) is 14.5. The van der Waals surface area contributed by atoms with Crippen LogP contribution in [0.15, 0.2) is 83.5 Å². The molecule has 3 aromatic carbocycles. The molecule has 0 saturated carbocycles. The van der Waals surface area contributed by atoms with Gasteiger partial charge in [-0.2, -0.15) is 0 Å². The molecule has 3 aromatic rings. The molecule has 0 N–H and O–H groups in total. The van der Waals surface area contributed by atoms with Crippen LogP contribution in [-0.2, 0) is 9.53 Å². The van der Waals surface area contributed by atoms with Gasteiger partial charge in [-0.3, -0.25) is 0 Å². The minimum absolute atomic E-state index is 0.183. The molecular formula is C24H16FNO4. The lowest BCUT2D eigenvalue weighted by atomic mass is 10.1. The van der Waals surface area contributed by atoms with Crippen molar-refractivity contribution in [3.8, 4) is 5.75 Å². The molecule has 0 fully saturated rings. The number of halogens is 1. The van der Waals surface area contributed by atoms with E-state index in [2.05, 4.69) is 4.99 Å². The predicted octanol–water partition coefficient (Wildman–Crippen LogP) is 4.70. The van der Waals surface area contributed by atoms with E-state index in [-0.39, 0.29) is 17.2 Å². The number of rotatable bonds is 4. The van der Waals surface area contributed by atoms with Gasteiger partial charge in [0.25, 0.3) is 0 Å². The standard InChI is InChI=1S/C24H16FNO4/c1-15-3-2-4-18(13-15)22-26-21(24(28)30-22)14-16-5-11-20(12-6-16)29-23(27)17-7-9-19(25)10-8-17/h2-14H,1H3. The molecule has 30 heavy (non-hydrogen) atoms. The van der Waals surface area contributed by atoms with E-state index >= 15 is 0 Å². The average Bonchev–Trinajstić information content (AvgIpc) is 3.10. The molecule has 0 amide bonds. The topological polar surface area (TPSA) is 65.0 Å². The van der Waals surface area contributed by atoms with E-state index in [1.165, 1.54) is 24.3 Å². The minimum Gasteiger partial charge on any atom is -0.423 e. The maximum absolute atomic E-state index is 13.0. The molecule has 4 rings (SSSR count). The molecule has 0 atom stereocenters. The fraction of sp³-hybridized carbons (Fsp3) is 0.0417. The van der Waals surface area contributed by atoms with E-state index in [0.29, 0.717) is 11.3 Å². The van der Waals surface area contributed by atoms with Crippen molar-refractivity contribution in [2.24, 2.45) is 4.99 Å². The molecular weight excluding hydrogens is 385 g/mol. The largest absolute Gasteiger partial charge is 0.423 e. The molecule has 0 radical (unpaired) electrons. The monoisotopic (exact) mass is 401 g/mol. The number of aryl methyl sites for hydroxylation is 1. The smallest absolute Gasteiger partial charge is 0.363 e. The minimum atomic E-state index is -0.590. The SMILES string of the molecule is Cc1cccc(C2=NC(=Cc3ccc(OC(=O)c4ccc(F)cc4)cc3)C(=O)O2)c1. The third-order valence-corrected chi connectivity index (χ3v) is 4.36. The van der Waals surface area contributed by atoms with E-state index < -0.39 is 17.8 Å². The summed E-state index contributed by atoms with van der Waals surface area (Å²) < 4.78 is 23.5. The molecule has 0 unspecified atom stereocenters. The average molecular weight is 401 g/mol. The Balaban J connectivity index is 1.48. The molecule has 0 spiro atoms. The quantitative estimate of drug-likeness (QED) is 0.361. The Morgan fingerprint density at radius 1 is 1.03 bits per heavy atom. The summed E-state index contributed by atoms with van der Waals surface area (Å²) in [5, 5.41) is 0. The number of cyclic esters (lactones) is 1. The van der Waals surface area contributed by atoms with Crippen LogP contribution >= 0.6 is 0 Å². The summed E-state index contributed by atoms with van der Waals surface area (Å²) in [6.07, 6.45) is 1.59. The molecule has 1 aliphatic heterocycles. The summed E-state index contributed by atoms with van der Waals surface area (Å²) in [6, 6.07) is 19.2. The number of hydrogen-bond donors (Lipinski definition) is 0. The van der Waals surface area contributed by atoms with Crippen LogP contribution in [-0.4, -0.2) is 17.8 Å². The van der Waals surface area contributed by atoms with Crippen molar-refractivity contribution in [2.45, 2.75) is 6.92 Å². The van der Waals surface area contributed by atoms with Gasteiger partial charge in [-0.25, -0.2) is 19.0 Å². The zero-order valence-electron chi connectivity index (χ0n) is 16.0. The summed E-state index contributed by atoms with van der Waals surface area (Å²) in [4.78, 5) is 28.5. The van der Waals surface area contributed by atoms with Crippen LogP contribution in [0.5, 0.6) is 5.75 Å². The molecule has 0 saturated heterocycles. The number of benzene rings is 3. The van der Waals surface area contributed by atoms with Gasteiger partial charge in [-0.1, -0.05) is 29.8 Å². The molecule has 1 aliphatic rings. The lowest BCUT2D eigenvalue weighted by Gasteiger charge is -2.04. The van der Waals surface area contributed by atoms with Crippen LogP contribution in [0.4, 0.5) is 4.39 Å². The highest BCUT2D eigenvalue weighted by Gasteiger charge is 2.24. The Hall–Kier alpha value is -4.06. The first-order valence-electron chi connectivity index (χ1n) is 9.15. The van der Waals surface area contributed by atoms with Crippen LogP contribution in [0.3, 0.4) is 0 Å². The second-order valence-electron chi connectivity index (χ2n) is 6.67. The molecule has 148 valence electrons. The van der Waals surface area contributed by atoms with Gasteiger partial charge in [0.1, 0.15) is 11.6 Å². The Morgan fingerprint density at radius 2 is 1.77 bits per heavy atom. The fourth-order valence-corrected chi connectivity index (χ4v) is 2.85. The maximum atomic E-state index is 13.0. The van der Waals surface area contributed by atoms with Gasteiger partial charge < -0.3 is 9.47 Å². The first-order valence-corrected chi connectivity index (χ1v) is 9.15. The highest BCUT2D eigenvalue weighted by atomic mass is 19.1. The fourth-order valence-electron chi connectivity index (χ4n) is 2.85. The highest BCUT2D eigenvalue weighted by molar-refractivity contribution is 6.12. The van der Waals surface area contributed by atoms with Crippen LogP contribution in [0.2, 0.25) is 0 Å². The normalized spacial score (nSPS) is 14.4. The number of carbonyl (C=O) groups excluding carboxylic acids is 2. The number of hydrogen-bond acceptors (Lipinski definition) is 5. The van der Waals surface area contributed by atoms with Crippen molar-refractivity contribution in [1.29, 1.82) is 0 Å². The van der Waals surface area contributed by atoms with Crippen molar-refractivity contribution >= 4 is 23.9 Å². The van der Waals surface area contributed by atoms with E-state index in [1.807, 2.05) is 31.2 Å². The Labute approximate surface area is 172 Å². The Morgan fingerprint density at radius 3 is 2.47 bits per heavy atom. The molecule has 5 nitrogen and oxygen atoms in total. The van der Waals surface area contributed by atoms with Gasteiger partial charge in [0, 0.05) is 5.56 Å². The number of aliphatic imine (C=N–C) groups is 1. The molecule has 6 heteroatoms. The first kappa shape index (κ1) is 19.3. The van der Waals surface area contributed by atoms with Crippen LogP contribution in [0.25, 0.3) is 6.08 Å². The predicted molar refractivity (Wildman–Crippen MR) is 110 cm³/mol. The highest BCUT2D eigenvalue weighted by Crippen LogP contribution is 2.21. The summed E-state index contributed by atoms with van der Waals surface area (Å²) in [5.41, 5.74) is 2.89. The van der Waals surface area contributed by atoms with Crippen molar-refractivity contribution in [3.63, 3.8) is 0 Å². The van der Waals surface area contributed by atoms with Crippen molar-refractivity contribution < 1.29 is 23.5 Å². The number of carbonyl (C=O) groups is 2. The maximum Gasteiger partial charge on any atom is 0.363 e. The zero-order valence-corrected chi connectivity index (χ0v) is 16.0. The van der Waals surface area contributed by atoms with Gasteiger partial charge in [-0.05, 0) is 67.1 Å². The second-order valence-corrected chi connectivity index (χ2v) is 6.67. The molecule has 0 aromatic heterocycles. The van der Waals surface area contributed by atoms with Crippen molar-refractivity contribution in [3.05, 3.63) is 107 Å². The third-order valence-electron chi connectivity index (χ3n) is 4.36. The molecule has 1 heterocycles. The van der Waals surface area contributed by atoms with Crippen LogP contribution in [0.1, 0.15) is 27.0 Å². The summed E-state index contributed by atoms with van der Waals surface area (Å²) >= 11 is 0. The number of esters is 2. The summed E-state index contributed by atoms with van der Waals surface area (Å²) in [7, 11) is 0. The van der Waals surface area contributed by atoms with Crippen molar-refractivity contribution in [1.82, 2.24) is 0 Å². The van der Waals surface area contributed by atoms with Crippen molar-refractivity contribution in [2.75, 3.05) is 0 Å². The van der Waals surface area contributed by atoms with E-state index in [9.17, 15) is 14.0 Å². The number of nitrogens with zero attached hydrogens (tertiary/aromatic N) is 1. The summed E-state index contributed by atoms with van der Waals surface area (Å²) in [5.74, 6) is -0.960. The van der Waals surface area contributed by atoms with E-state index in [1.54, 1.807) is 30.3 Å². The summed E-state index contributed by atoms with van der Waals surface area (Å²) in [6.45, 7) is 1.95. The van der Waals surface area contributed by atoms with Gasteiger partial charge in [0.2, 0.25) is 5.90 Å². The van der Waals surface area contributed by atoms with Crippen LogP contribution < -0.4 is 4.74 Å². The van der Waals surface area contributed by atoms with Gasteiger partial charge in [-0.15, -0.1) is 0 Å². The lowest BCUT2D eigenvalue weighted by Crippen LogP contribution is -2.08. The lowest BCUT2D eigenvalue weighted by molar-refractivity contribution is -0.129. The molecule has 0 bridgehead atoms. The van der Waals surface area contributed by atoms with Crippen LogP contribution in [0, 0.1) is 12.7 Å². The van der Waals surface area contributed by atoms with Gasteiger partial charge in [0.15, 0.2) is 5.70 Å². The Kier molecular flexibility index (Phi) is 5.22. The third kappa shape index (κ3) is 4.33. The van der Waals surface area contributed by atoms with Gasteiger partial charge >= 0.3 is 11.9 Å².